The van der Waals surface area contributed by atoms with Crippen LogP contribution in [0.25, 0.3) is 11.0 Å². The number of benzene rings is 2. The highest BCUT2D eigenvalue weighted by atomic mass is 32.2. The molecule has 0 aliphatic rings. The molecule has 0 unspecified atom stereocenters. The molecule has 7 nitrogen and oxygen atoms in total. The van der Waals surface area contributed by atoms with E-state index in [9.17, 15) is 4.79 Å². The zero-order chi connectivity index (χ0) is 20.8. The number of H-pyrrole nitrogens is 1. The van der Waals surface area contributed by atoms with Crippen LogP contribution in [0.5, 0.6) is 17.2 Å². The number of nitrogens with zero attached hydrogens (tertiary/aromatic N) is 2. The molecule has 29 heavy (non-hydrogen) atoms. The van der Waals surface area contributed by atoms with Gasteiger partial charge in [0, 0.05) is 25.2 Å². The molecular weight excluding hydrogens is 390 g/mol. The molecule has 154 valence electrons. The molecule has 8 heteroatoms. The number of hydrogen-bond donors (Lipinski definition) is 1. The van der Waals surface area contributed by atoms with Crippen LogP contribution in [-0.2, 0) is 11.3 Å². The van der Waals surface area contributed by atoms with Crippen LogP contribution in [0, 0.1) is 0 Å². The fraction of sp³-hybridized carbons (Fsp3) is 0.333. The second kappa shape index (κ2) is 9.56. The minimum absolute atomic E-state index is 0.00432. The van der Waals surface area contributed by atoms with Crippen LogP contribution >= 0.6 is 11.8 Å². The van der Waals surface area contributed by atoms with E-state index < -0.39 is 0 Å². The van der Waals surface area contributed by atoms with Crippen molar-refractivity contribution in [1.29, 1.82) is 0 Å². The second-order valence-electron chi connectivity index (χ2n) is 6.35. The van der Waals surface area contributed by atoms with E-state index in [1.54, 1.807) is 26.2 Å². The number of para-hydroxylation sites is 1. The van der Waals surface area contributed by atoms with Crippen LogP contribution < -0.4 is 14.2 Å². The lowest BCUT2D eigenvalue weighted by Crippen LogP contribution is -2.28. The van der Waals surface area contributed by atoms with Gasteiger partial charge >= 0.3 is 0 Å². The molecule has 0 bridgehead atoms. The Labute approximate surface area is 174 Å². The smallest absolute Gasteiger partial charge is 0.233 e. The third kappa shape index (κ3) is 4.95. The Morgan fingerprint density at radius 1 is 1.21 bits per heavy atom. The van der Waals surface area contributed by atoms with Gasteiger partial charge in [-0.05, 0) is 25.1 Å². The van der Waals surface area contributed by atoms with E-state index in [4.69, 9.17) is 14.2 Å². The highest BCUT2D eigenvalue weighted by Crippen LogP contribution is 2.31. The fourth-order valence-electron chi connectivity index (χ4n) is 2.95. The monoisotopic (exact) mass is 415 g/mol. The summed E-state index contributed by atoms with van der Waals surface area (Å²) in [5, 5.41) is 0.703. The average molecular weight is 416 g/mol. The molecule has 0 saturated heterocycles. The first-order valence-electron chi connectivity index (χ1n) is 9.24. The Hall–Kier alpha value is -2.87. The SMILES string of the molecule is CCOc1ccc2nc(SCC(=O)N(C)Cc3cccc(OC)c3OC)[nH]c2c1. The number of carbonyl (C=O) groups excluding carboxylic acids is 1. The Morgan fingerprint density at radius 2 is 2.03 bits per heavy atom. The minimum atomic E-state index is -0.00432. The largest absolute Gasteiger partial charge is 0.494 e. The van der Waals surface area contributed by atoms with Gasteiger partial charge in [0.1, 0.15) is 5.75 Å². The van der Waals surface area contributed by atoms with Gasteiger partial charge in [0.2, 0.25) is 5.91 Å². The summed E-state index contributed by atoms with van der Waals surface area (Å²) in [7, 11) is 4.96. The van der Waals surface area contributed by atoms with Crippen molar-refractivity contribution in [3.05, 3.63) is 42.0 Å². The van der Waals surface area contributed by atoms with Gasteiger partial charge in [-0.2, -0.15) is 0 Å². The topological polar surface area (TPSA) is 76.7 Å². The highest BCUT2D eigenvalue weighted by molar-refractivity contribution is 7.99. The van der Waals surface area contributed by atoms with E-state index in [0.29, 0.717) is 29.8 Å². The summed E-state index contributed by atoms with van der Waals surface area (Å²) in [4.78, 5) is 22.0. The van der Waals surface area contributed by atoms with Crippen LogP contribution in [0.15, 0.2) is 41.6 Å². The summed E-state index contributed by atoms with van der Waals surface area (Å²) in [6.07, 6.45) is 0. The maximum absolute atomic E-state index is 12.6. The number of nitrogens with one attached hydrogen (secondary N) is 1. The molecule has 0 radical (unpaired) electrons. The van der Waals surface area contributed by atoms with Crippen molar-refractivity contribution in [3.8, 4) is 17.2 Å². The van der Waals surface area contributed by atoms with Gasteiger partial charge in [-0.1, -0.05) is 23.9 Å². The van der Waals surface area contributed by atoms with E-state index >= 15 is 0 Å². The lowest BCUT2D eigenvalue weighted by Gasteiger charge is -2.19. The molecular formula is C21H25N3O4S. The quantitative estimate of drug-likeness (QED) is 0.537. The first-order valence-corrected chi connectivity index (χ1v) is 10.2. The van der Waals surface area contributed by atoms with E-state index in [0.717, 1.165) is 22.3 Å². The van der Waals surface area contributed by atoms with Gasteiger partial charge in [0.15, 0.2) is 16.7 Å². The molecule has 3 rings (SSSR count). The summed E-state index contributed by atoms with van der Waals surface area (Å²) in [5.41, 5.74) is 2.62. The third-order valence-corrected chi connectivity index (χ3v) is 5.25. The maximum atomic E-state index is 12.6. The van der Waals surface area contributed by atoms with Crippen LogP contribution in [0.4, 0.5) is 0 Å². The zero-order valence-corrected chi connectivity index (χ0v) is 17.8. The van der Waals surface area contributed by atoms with Gasteiger partial charge in [-0.15, -0.1) is 0 Å². The van der Waals surface area contributed by atoms with E-state index in [1.807, 2.05) is 43.3 Å². The summed E-state index contributed by atoms with van der Waals surface area (Å²) in [6.45, 7) is 2.99. The molecule has 0 spiro atoms. The molecule has 1 aromatic heterocycles. The van der Waals surface area contributed by atoms with Crippen molar-refractivity contribution in [3.63, 3.8) is 0 Å². The summed E-state index contributed by atoms with van der Waals surface area (Å²) < 4.78 is 16.3. The molecule has 1 N–H and O–H groups in total. The fourth-order valence-corrected chi connectivity index (χ4v) is 3.78. The first kappa shape index (κ1) is 20.9. The van der Waals surface area contributed by atoms with Crippen LogP contribution in [-0.4, -0.2) is 54.4 Å². The van der Waals surface area contributed by atoms with Gasteiger partial charge in [0.05, 0.1) is 37.6 Å². The standard InChI is InChI=1S/C21H25N3O4S/c1-5-28-15-9-10-16-17(11-15)23-21(22-16)29-13-19(25)24(2)12-14-7-6-8-18(26-3)20(14)27-4/h6-11H,5,12-13H2,1-4H3,(H,22,23). The average Bonchev–Trinajstić information content (AvgIpc) is 3.14. The van der Waals surface area contributed by atoms with Crippen LogP contribution in [0.1, 0.15) is 12.5 Å². The van der Waals surface area contributed by atoms with E-state index in [-0.39, 0.29) is 11.7 Å². The first-order chi connectivity index (χ1) is 14.0. The molecule has 1 amide bonds. The Balaban J connectivity index is 1.62. The number of carbonyl (C=O) groups is 1. The molecule has 0 aliphatic heterocycles. The van der Waals surface area contributed by atoms with E-state index in [1.165, 1.54) is 11.8 Å². The molecule has 0 fully saturated rings. The molecule has 2 aromatic carbocycles. The number of aromatic nitrogens is 2. The maximum Gasteiger partial charge on any atom is 0.233 e. The normalized spacial score (nSPS) is 10.8. The molecule has 3 aromatic rings. The predicted molar refractivity (Wildman–Crippen MR) is 114 cm³/mol. The number of fused-ring (bicyclic) bond motifs is 1. The molecule has 0 saturated carbocycles. The Morgan fingerprint density at radius 3 is 2.76 bits per heavy atom. The number of ether oxygens (including phenoxy) is 3. The summed E-state index contributed by atoms with van der Waals surface area (Å²) in [5.74, 6) is 2.36. The number of imidazole rings is 1. The zero-order valence-electron chi connectivity index (χ0n) is 17.0. The second-order valence-corrected chi connectivity index (χ2v) is 7.31. The number of rotatable bonds is 9. The van der Waals surface area contributed by atoms with E-state index in [2.05, 4.69) is 9.97 Å². The van der Waals surface area contributed by atoms with Gasteiger partial charge in [-0.25, -0.2) is 4.98 Å². The molecule has 1 heterocycles. The van der Waals surface area contributed by atoms with Crippen molar-refractivity contribution in [2.45, 2.75) is 18.6 Å². The van der Waals surface area contributed by atoms with Crippen LogP contribution in [0.2, 0.25) is 0 Å². The third-order valence-electron chi connectivity index (χ3n) is 4.39. The Kier molecular flexibility index (Phi) is 6.87. The number of amides is 1. The van der Waals surface area contributed by atoms with Gasteiger partial charge < -0.3 is 24.1 Å². The minimum Gasteiger partial charge on any atom is -0.494 e. The number of hydrogen-bond acceptors (Lipinski definition) is 6. The van der Waals surface area contributed by atoms with Crippen molar-refractivity contribution in [2.75, 3.05) is 33.6 Å². The highest BCUT2D eigenvalue weighted by Gasteiger charge is 2.16. The number of thioether (sulfide) groups is 1. The van der Waals surface area contributed by atoms with Gasteiger partial charge in [0.25, 0.3) is 0 Å². The number of methoxy groups -OCH3 is 2. The number of aromatic amines is 1. The lowest BCUT2D eigenvalue weighted by molar-refractivity contribution is -0.127. The Bertz CT molecular complexity index is 989. The molecule has 0 aliphatic carbocycles. The van der Waals surface area contributed by atoms with Crippen LogP contribution in [0.3, 0.4) is 0 Å². The predicted octanol–water partition coefficient (Wildman–Crippen LogP) is 3.73. The summed E-state index contributed by atoms with van der Waals surface area (Å²) in [6, 6.07) is 11.4. The van der Waals surface area contributed by atoms with Crippen molar-refractivity contribution >= 4 is 28.7 Å². The summed E-state index contributed by atoms with van der Waals surface area (Å²) >= 11 is 1.38. The molecule has 0 atom stereocenters. The van der Waals surface area contributed by atoms with Crippen molar-refractivity contribution in [1.82, 2.24) is 14.9 Å². The van der Waals surface area contributed by atoms with Gasteiger partial charge in [-0.3, -0.25) is 4.79 Å². The van der Waals surface area contributed by atoms with Crippen molar-refractivity contribution < 1.29 is 19.0 Å². The van der Waals surface area contributed by atoms with Crippen molar-refractivity contribution in [2.24, 2.45) is 0 Å². The lowest BCUT2D eigenvalue weighted by atomic mass is 10.1.